The zero-order valence-electron chi connectivity index (χ0n) is 12.7. The fourth-order valence-electron chi connectivity index (χ4n) is 4.53. The first kappa shape index (κ1) is 14.8. The normalized spacial score (nSPS) is 36.4. The van der Waals surface area contributed by atoms with Gasteiger partial charge in [0, 0.05) is 10.7 Å². The number of benzene rings is 1. The van der Waals surface area contributed by atoms with Crippen LogP contribution >= 0.6 is 11.6 Å². The third kappa shape index (κ3) is 2.19. The maximum absolute atomic E-state index is 12.8. The fraction of sp³-hybridized carbons (Fsp3) is 0.444. The van der Waals surface area contributed by atoms with Gasteiger partial charge in [-0.1, -0.05) is 29.8 Å². The van der Waals surface area contributed by atoms with Gasteiger partial charge in [-0.05, 0) is 54.7 Å². The van der Waals surface area contributed by atoms with E-state index in [1.54, 1.807) is 18.2 Å². The molecule has 2 N–H and O–H groups in total. The molecule has 0 spiro atoms. The number of carboxylic acids is 1. The molecule has 6 atom stereocenters. The van der Waals surface area contributed by atoms with Gasteiger partial charge in [-0.15, -0.1) is 0 Å². The third-order valence-electron chi connectivity index (χ3n) is 5.77. The molecule has 23 heavy (non-hydrogen) atoms. The molecule has 120 valence electrons. The number of fused-ring (bicyclic) bond motifs is 1. The van der Waals surface area contributed by atoms with E-state index in [0.29, 0.717) is 22.5 Å². The van der Waals surface area contributed by atoms with Gasteiger partial charge in [0.2, 0.25) is 5.91 Å². The van der Waals surface area contributed by atoms with Crippen molar-refractivity contribution in [2.45, 2.75) is 13.3 Å². The second-order valence-electron chi connectivity index (χ2n) is 6.89. The Balaban J connectivity index is 1.63. The molecule has 4 aliphatic rings. The summed E-state index contributed by atoms with van der Waals surface area (Å²) in [4.78, 5) is 24.6. The Morgan fingerprint density at radius 2 is 1.83 bits per heavy atom. The third-order valence-corrected chi connectivity index (χ3v) is 6.17. The van der Waals surface area contributed by atoms with Gasteiger partial charge in [0.25, 0.3) is 0 Å². The molecule has 5 rings (SSSR count). The molecule has 2 bridgehead atoms. The predicted octanol–water partition coefficient (Wildman–Crippen LogP) is 3.36. The second-order valence-corrected chi connectivity index (χ2v) is 7.30. The molecule has 0 radical (unpaired) electrons. The molecule has 0 heterocycles. The average molecular weight is 332 g/mol. The van der Waals surface area contributed by atoms with Crippen molar-refractivity contribution in [1.82, 2.24) is 0 Å². The van der Waals surface area contributed by atoms with Crippen molar-refractivity contribution < 1.29 is 14.7 Å². The van der Waals surface area contributed by atoms with E-state index < -0.39 is 17.8 Å². The Morgan fingerprint density at radius 3 is 2.48 bits per heavy atom. The van der Waals surface area contributed by atoms with Crippen molar-refractivity contribution in [3.63, 3.8) is 0 Å². The van der Waals surface area contributed by atoms with Crippen LogP contribution in [0.1, 0.15) is 12.0 Å². The largest absolute Gasteiger partial charge is 0.481 e. The summed E-state index contributed by atoms with van der Waals surface area (Å²) in [6.07, 6.45) is 5.13. The fourth-order valence-corrected chi connectivity index (χ4v) is 4.70. The second kappa shape index (κ2) is 5.10. The number of rotatable bonds is 3. The Hall–Kier alpha value is -1.81. The Bertz CT molecular complexity index is 729. The number of anilines is 1. The van der Waals surface area contributed by atoms with Crippen molar-refractivity contribution in [3.8, 4) is 0 Å². The van der Waals surface area contributed by atoms with Gasteiger partial charge in [0.15, 0.2) is 0 Å². The van der Waals surface area contributed by atoms with Crippen molar-refractivity contribution in [1.29, 1.82) is 0 Å². The lowest BCUT2D eigenvalue weighted by Crippen LogP contribution is -2.48. The Kier molecular flexibility index (Phi) is 3.27. The summed E-state index contributed by atoms with van der Waals surface area (Å²) in [5.74, 6) is -1.19. The smallest absolute Gasteiger partial charge is 0.307 e. The minimum atomic E-state index is -0.863. The number of halogens is 1. The molecule has 2 fully saturated rings. The minimum Gasteiger partial charge on any atom is -0.481 e. The molecule has 4 aliphatic carbocycles. The number of carbonyl (C=O) groups is 2. The lowest BCUT2D eigenvalue weighted by atomic mass is 9.62. The maximum Gasteiger partial charge on any atom is 0.307 e. The van der Waals surface area contributed by atoms with Crippen LogP contribution in [0, 0.1) is 42.4 Å². The molecule has 0 saturated heterocycles. The highest BCUT2D eigenvalue weighted by Crippen LogP contribution is 2.63. The van der Waals surface area contributed by atoms with Crippen LogP contribution in [-0.2, 0) is 9.59 Å². The molecule has 1 aromatic rings. The molecule has 1 aromatic carbocycles. The molecule has 6 unspecified atom stereocenters. The van der Waals surface area contributed by atoms with Crippen LogP contribution in [0.5, 0.6) is 0 Å². The van der Waals surface area contributed by atoms with Crippen LogP contribution in [-0.4, -0.2) is 17.0 Å². The van der Waals surface area contributed by atoms with Crippen LogP contribution in [0.2, 0.25) is 5.02 Å². The number of allylic oxidation sites excluding steroid dienone is 2. The summed E-state index contributed by atoms with van der Waals surface area (Å²) < 4.78 is 0. The van der Waals surface area contributed by atoms with Crippen LogP contribution in [0.4, 0.5) is 5.69 Å². The van der Waals surface area contributed by atoms with Gasteiger partial charge in [0.1, 0.15) is 0 Å². The summed E-state index contributed by atoms with van der Waals surface area (Å²) in [6, 6.07) is 5.35. The minimum absolute atomic E-state index is 0.00120. The highest BCUT2D eigenvalue weighted by Gasteiger charge is 2.62. The van der Waals surface area contributed by atoms with E-state index in [-0.39, 0.29) is 17.7 Å². The van der Waals surface area contributed by atoms with E-state index in [9.17, 15) is 14.7 Å². The van der Waals surface area contributed by atoms with E-state index in [4.69, 9.17) is 11.6 Å². The van der Waals surface area contributed by atoms with Crippen molar-refractivity contribution in [3.05, 3.63) is 40.9 Å². The molecule has 1 amide bonds. The molecule has 2 saturated carbocycles. The van der Waals surface area contributed by atoms with Crippen LogP contribution < -0.4 is 5.32 Å². The monoisotopic (exact) mass is 331 g/mol. The van der Waals surface area contributed by atoms with Crippen molar-refractivity contribution in [2.75, 3.05) is 5.32 Å². The quantitative estimate of drug-likeness (QED) is 0.835. The summed E-state index contributed by atoms with van der Waals surface area (Å²) >= 11 is 6.10. The highest BCUT2D eigenvalue weighted by atomic mass is 35.5. The Morgan fingerprint density at radius 1 is 1.17 bits per heavy atom. The number of nitrogens with one attached hydrogen (secondary N) is 1. The molecule has 5 heteroatoms. The number of hydrogen-bond donors (Lipinski definition) is 2. The first-order valence-electron chi connectivity index (χ1n) is 7.96. The van der Waals surface area contributed by atoms with Crippen LogP contribution in [0.25, 0.3) is 0 Å². The molecular weight excluding hydrogens is 314 g/mol. The van der Waals surface area contributed by atoms with E-state index >= 15 is 0 Å². The molecule has 0 aromatic heterocycles. The van der Waals surface area contributed by atoms with Crippen molar-refractivity contribution >= 4 is 29.2 Å². The van der Waals surface area contributed by atoms with Gasteiger partial charge in [-0.2, -0.15) is 0 Å². The number of carbonyl (C=O) groups excluding carboxylic acids is 1. The average Bonchev–Trinajstić information content (AvgIpc) is 3.33. The maximum atomic E-state index is 12.8. The van der Waals surface area contributed by atoms with Crippen LogP contribution in [0.3, 0.4) is 0 Å². The standard InChI is InChI=1S/C18H18ClNO3/c1-8-13(19)3-2-4-14(8)20-17(21)15-9-5-6-10(12-7-11(9)12)16(15)18(22)23/h2-6,9-12,15-16H,7H2,1H3,(H,20,21)(H,22,23). The topological polar surface area (TPSA) is 66.4 Å². The molecule has 0 aliphatic heterocycles. The predicted molar refractivity (Wildman–Crippen MR) is 87.2 cm³/mol. The first-order chi connectivity index (χ1) is 11.0. The summed E-state index contributed by atoms with van der Waals surface area (Å²) in [7, 11) is 0. The highest BCUT2D eigenvalue weighted by molar-refractivity contribution is 6.31. The van der Waals surface area contributed by atoms with E-state index in [2.05, 4.69) is 11.4 Å². The lowest BCUT2D eigenvalue weighted by Gasteiger charge is -2.41. The number of hydrogen-bond acceptors (Lipinski definition) is 2. The molecule has 4 nitrogen and oxygen atoms in total. The zero-order chi connectivity index (χ0) is 16.3. The zero-order valence-corrected chi connectivity index (χ0v) is 13.5. The summed E-state index contributed by atoms with van der Waals surface area (Å²) in [5.41, 5.74) is 1.46. The number of carboxylic acid groups (broad SMARTS) is 1. The Labute approximate surface area is 139 Å². The van der Waals surface area contributed by atoms with E-state index in [0.717, 1.165) is 12.0 Å². The van der Waals surface area contributed by atoms with Gasteiger partial charge in [-0.3, -0.25) is 9.59 Å². The van der Waals surface area contributed by atoms with Gasteiger partial charge >= 0.3 is 5.97 Å². The van der Waals surface area contributed by atoms with Gasteiger partial charge < -0.3 is 10.4 Å². The summed E-state index contributed by atoms with van der Waals surface area (Å²) in [6.45, 7) is 1.84. The SMILES string of the molecule is Cc1c(Cl)cccc1NC(=O)C1C2C=CC(C3CC23)C1C(=O)O. The van der Waals surface area contributed by atoms with Crippen molar-refractivity contribution in [2.24, 2.45) is 35.5 Å². The molecular formula is C18H18ClNO3. The van der Waals surface area contributed by atoms with Crippen LogP contribution in [0.15, 0.2) is 30.4 Å². The van der Waals surface area contributed by atoms with Gasteiger partial charge in [0.05, 0.1) is 11.8 Å². The lowest BCUT2D eigenvalue weighted by molar-refractivity contribution is -0.152. The number of amides is 1. The van der Waals surface area contributed by atoms with Gasteiger partial charge in [-0.25, -0.2) is 0 Å². The number of aliphatic carboxylic acids is 1. The first-order valence-corrected chi connectivity index (χ1v) is 8.34. The van der Waals surface area contributed by atoms with E-state index in [1.807, 2.05) is 13.0 Å². The summed E-state index contributed by atoms with van der Waals surface area (Å²) in [5, 5.41) is 13.1. The van der Waals surface area contributed by atoms with E-state index in [1.165, 1.54) is 0 Å².